The van der Waals surface area contributed by atoms with E-state index in [2.05, 4.69) is 17.1 Å². The lowest BCUT2D eigenvalue weighted by molar-refractivity contribution is 0.184. The fraction of sp³-hybridized carbons (Fsp3) is 0.647. The predicted octanol–water partition coefficient (Wildman–Crippen LogP) is 3.74. The minimum absolute atomic E-state index is 0.0486. The van der Waals surface area contributed by atoms with Gasteiger partial charge in [-0.15, -0.1) is 0 Å². The predicted molar refractivity (Wildman–Crippen MR) is 82.2 cm³/mol. The summed E-state index contributed by atoms with van der Waals surface area (Å²) in [5, 5.41) is 3.44. The van der Waals surface area contributed by atoms with Crippen LogP contribution in [0.5, 0.6) is 0 Å². The number of hydrogen-bond donors (Lipinski definition) is 1. The molecule has 0 saturated carbocycles. The molecule has 0 amide bonds. The molecular formula is C17H26F2N2. The molecule has 2 atom stereocenters. The van der Waals surface area contributed by atoms with Gasteiger partial charge in [-0.25, -0.2) is 8.78 Å². The Kier molecular flexibility index (Phi) is 6.12. The van der Waals surface area contributed by atoms with Crippen molar-refractivity contribution < 1.29 is 8.78 Å². The molecule has 0 bridgehead atoms. The van der Waals surface area contributed by atoms with Crippen LogP contribution in [0.2, 0.25) is 0 Å². The van der Waals surface area contributed by atoms with Crippen LogP contribution in [-0.2, 0) is 0 Å². The van der Waals surface area contributed by atoms with E-state index in [1.54, 1.807) is 0 Å². The molecule has 0 spiro atoms. The number of benzene rings is 1. The Morgan fingerprint density at radius 2 is 2.10 bits per heavy atom. The summed E-state index contributed by atoms with van der Waals surface area (Å²) in [4.78, 5) is 2.18. The Morgan fingerprint density at radius 3 is 2.86 bits per heavy atom. The molecule has 1 N–H and O–H groups in total. The normalized spacial score (nSPS) is 24.0. The maximum atomic E-state index is 14.2. The van der Waals surface area contributed by atoms with Crippen LogP contribution < -0.4 is 5.32 Å². The first-order chi connectivity index (χ1) is 10.1. The molecule has 4 heteroatoms. The SMILES string of the molecule is CCCNCC1CCCCN(C)C1c1cc(F)ccc1F. The van der Waals surface area contributed by atoms with Gasteiger partial charge < -0.3 is 5.32 Å². The Bertz CT molecular complexity index is 450. The van der Waals surface area contributed by atoms with Gasteiger partial charge in [-0.3, -0.25) is 4.90 Å². The Labute approximate surface area is 126 Å². The fourth-order valence-electron chi connectivity index (χ4n) is 3.34. The number of nitrogens with zero attached hydrogens (tertiary/aromatic N) is 1. The van der Waals surface area contributed by atoms with E-state index in [4.69, 9.17) is 0 Å². The van der Waals surface area contributed by atoms with Gasteiger partial charge in [0.1, 0.15) is 11.6 Å². The number of halogens is 2. The molecule has 1 saturated heterocycles. The summed E-state index contributed by atoms with van der Waals surface area (Å²) >= 11 is 0. The monoisotopic (exact) mass is 296 g/mol. The zero-order valence-electron chi connectivity index (χ0n) is 13.0. The van der Waals surface area contributed by atoms with Crippen LogP contribution in [0.1, 0.15) is 44.2 Å². The summed E-state index contributed by atoms with van der Waals surface area (Å²) in [5.74, 6) is -0.333. The molecule has 1 fully saturated rings. The number of rotatable bonds is 5. The van der Waals surface area contributed by atoms with Crippen LogP contribution in [0.25, 0.3) is 0 Å². The summed E-state index contributed by atoms with van der Waals surface area (Å²) < 4.78 is 27.8. The average Bonchev–Trinajstić information content (AvgIpc) is 2.64. The van der Waals surface area contributed by atoms with Gasteiger partial charge in [0.25, 0.3) is 0 Å². The third-order valence-electron chi connectivity index (χ3n) is 4.37. The molecular weight excluding hydrogens is 270 g/mol. The molecule has 1 aliphatic heterocycles. The Morgan fingerprint density at radius 1 is 1.29 bits per heavy atom. The van der Waals surface area contributed by atoms with Crippen molar-refractivity contribution in [3.8, 4) is 0 Å². The quantitative estimate of drug-likeness (QED) is 0.833. The van der Waals surface area contributed by atoms with E-state index < -0.39 is 0 Å². The third kappa shape index (κ3) is 4.24. The molecule has 0 aromatic heterocycles. The number of hydrogen-bond acceptors (Lipinski definition) is 2. The van der Waals surface area contributed by atoms with E-state index in [0.29, 0.717) is 11.5 Å². The average molecular weight is 296 g/mol. The summed E-state index contributed by atoms with van der Waals surface area (Å²) in [6.07, 6.45) is 4.41. The smallest absolute Gasteiger partial charge is 0.128 e. The first-order valence-corrected chi connectivity index (χ1v) is 7.99. The fourth-order valence-corrected chi connectivity index (χ4v) is 3.34. The molecule has 2 nitrogen and oxygen atoms in total. The van der Waals surface area contributed by atoms with Crippen molar-refractivity contribution >= 4 is 0 Å². The van der Waals surface area contributed by atoms with Crippen LogP contribution >= 0.6 is 0 Å². The topological polar surface area (TPSA) is 15.3 Å². The van der Waals surface area contributed by atoms with Gasteiger partial charge in [0, 0.05) is 11.6 Å². The molecule has 1 aromatic rings. The highest BCUT2D eigenvalue weighted by Crippen LogP contribution is 2.35. The lowest BCUT2D eigenvalue weighted by atomic mass is 9.89. The van der Waals surface area contributed by atoms with Crippen LogP contribution in [0.3, 0.4) is 0 Å². The van der Waals surface area contributed by atoms with Crippen LogP contribution in [0, 0.1) is 17.6 Å². The number of nitrogens with one attached hydrogen (secondary N) is 1. The molecule has 118 valence electrons. The van der Waals surface area contributed by atoms with Gasteiger partial charge in [0.2, 0.25) is 0 Å². The zero-order valence-corrected chi connectivity index (χ0v) is 13.0. The van der Waals surface area contributed by atoms with Gasteiger partial charge >= 0.3 is 0 Å². The molecule has 0 radical (unpaired) electrons. The largest absolute Gasteiger partial charge is 0.316 e. The highest BCUT2D eigenvalue weighted by atomic mass is 19.1. The first kappa shape index (κ1) is 16.4. The zero-order chi connectivity index (χ0) is 15.2. The summed E-state index contributed by atoms with van der Waals surface area (Å²) in [6.45, 7) is 4.90. The summed E-state index contributed by atoms with van der Waals surface area (Å²) in [7, 11) is 2.02. The van der Waals surface area contributed by atoms with E-state index in [1.807, 2.05) is 7.05 Å². The molecule has 2 rings (SSSR count). The molecule has 0 aliphatic carbocycles. The third-order valence-corrected chi connectivity index (χ3v) is 4.37. The van der Waals surface area contributed by atoms with Crippen LogP contribution in [-0.4, -0.2) is 31.6 Å². The van der Waals surface area contributed by atoms with E-state index in [1.165, 1.54) is 18.2 Å². The van der Waals surface area contributed by atoms with E-state index in [-0.39, 0.29) is 17.7 Å². The minimum atomic E-state index is -0.357. The molecule has 1 heterocycles. The minimum Gasteiger partial charge on any atom is -0.316 e. The van der Waals surface area contributed by atoms with Crippen molar-refractivity contribution in [1.82, 2.24) is 10.2 Å². The van der Waals surface area contributed by atoms with Crippen LogP contribution in [0.4, 0.5) is 8.78 Å². The van der Waals surface area contributed by atoms with Gasteiger partial charge in [0.05, 0.1) is 0 Å². The highest BCUT2D eigenvalue weighted by Gasteiger charge is 2.30. The van der Waals surface area contributed by atoms with Gasteiger partial charge in [-0.2, -0.15) is 0 Å². The van der Waals surface area contributed by atoms with E-state index in [0.717, 1.165) is 45.3 Å². The van der Waals surface area contributed by atoms with Crippen molar-refractivity contribution in [3.05, 3.63) is 35.4 Å². The van der Waals surface area contributed by atoms with E-state index in [9.17, 15) is 8.78 Å². The Hall–Kier alpha value is -1.00. The van der Waals surface area contributed by atoms with Gasteiger partial charge in [-0.1, -0.05) is 13.3 Å². The first-order valence-electron chi connectivity index (χ1n) is 7.99. The standard InChI is InChI=1S/C17H26F2N2/c1-3-9-20-12-13-6-4-5-10-21(2)17(13)15-11-14(18)7-8-16(15)19/h7-8,11,13,17,20H,3-6,9-10,12H2,1-2H3. The number of likely N-dealkylation sites (tertiary alicyclic amines) is 1. The summed E-state index contributed by atoms with van der Waals surface area (Å²) in [5.41, 5.74) is 0.502. The van der Waals surface area contributed by atoms with Crippen molar-refractivity contribution in [2.45, 2.75) is 38.6 Å². The van der Waals surface area contributed by atoms with Gasteiger partial charge in [0.15, 0.2) is 0 Å². The lowest BCUT2D eigenvalue weighted by Gasteiger charge is -2.33. The summed E-state index contributed by atoms with van der Waals surface area (Å²) in [6, 6.07) is 3.77. The molecule has 1 aromatic carbocycles. The van der Waals surface area contributed by atoms with Crippen molar-refractivity contribution in [2.75, 3.05) is 26.7 Å². The maximum absolute atomic E-state index is 14.2. The van der Waals surface area contributed by atoms with Crippen molar-refractivity contribution in [1.29, 1.82) is 0 Å². The van der Waals surface area contributed by atoms with E-state index >= 15 is 0 Å². The molecule has 21 heavy (non-hydrogen) atoms. The molecule has 1 aliphatic rings. The van der Waals surface area contributed by atoms with Crippen LogP contribution in [0.15, 0.2) is 18.2 Å². The second kappa shape index (κ2) is 7.85. The second-order valence-electron chi connectivity index (χ2n) is 6.05. The highest BCUT2D eigenvalue weighted by molar-refractivity contribution is 5.23. The van der Waals surface area contributed by atoms with Crippen molar-refractivity contribution in [3.63, 3.8) is 0 Å². The van der Waals surface area contributed by atoms with Gasteiger partial charge in [-0.05, 0) is 70.1 Å². The lowest BCUT2D eigenvalue weighted by Crippen LogP contribution is -2.35. The molecule has 2 unspecified atom stereocenters. The van der Waals surface area contributed by atoms with Crippen molar-refractivity contribution in [2.24, 2.45) is 5.92 Å². The second-order valence-corrected chi connectivity index (χ2v) is 6.05. The maximum Gasteiger partial charge on any atom is 0.128 e. The Balaban J connectivity index is 2.25.